The van der Waals surface area contributed by atoms with E-state index in [1.807, 2.05) is 25.5 Å². The Bertz CT molecular complexity index is 436. The highest BCUT2D eigenvalue weighted by molar-refractivity contribution is 9.10. The minimum absolute atomic E-state index is 0.267. The highest BCUT2D eigenvalue weighted by Crippen LogP contribution is 2.22. The van der Waals surface area contributed by atoms with Crippen LogP contribution < -0.4 is 0 Å². The Balaban J connectivity index is 2.07. The summed E-state index contributed by atoms with van der Waals surface area (Å²) in [5.74, 6) is 0. The molecule has 6 heteroatoms. The molecule has 2 rings (SSSR count). The minimum Gasteiger partial charge on any atom is -0.444 e. The predicted molar refractivity (Wildman–Crippen MR) is 66.6 cm³/mol. The van der Waals surface area contributed by atoms with Gasteiger partial charge in [-0.05, 0) is 36.7 Å². The third-order valence-corrected chi connectivity index (χ3v) is 3.13. The van der Waals surface area contributed by atoms with Gasteiger partial charge >= 0.3 is 6.09 Å². The predicted octanol–water partition coefficient (Wildman–Crippen LogP) is 2.40. The summed E-state index contributed by atoms with van der Waals surface area (Å²) in [5.41, 5.74) is 0.563. The third kappa shape index (κ3) is 2.80. The van der Waals surface area contributed by atoms with Gasteiger partial charge in [-0.1, -0.05) is 0 Å². The van der Waals surface area contributed by atoms with Crippen LogP contribution in [0.1, 0.15) is 26.5 Å². The number of aromatic nitrogens is 2. The minimum atomic E-state index is -0.452. The summed E-state index contributed by atoms with van der Waals surface area (Å²) >= 11 is 3.43. The standard InChI is InChI=1S/C11H16BrN3O2/c1-11(2,3)17-10(16)14-4-5-15-9(7-14)8(12)6-13-15/h6H,4-5,7H2,1-3H3. The molecular weight excluding hydrogens is 286 g/mol. The van der Waals surface area contributed by atoms with Crippen LogP contribution in [-0.2, 0) is 17.8 Å². The number of amides is 1. The van der Waals surface area contributed by atoms with Gasteiger partial charge in [0.1, 0.15) is 5.60 Å². The summed E-state index contributed by atoms with van der Waals surface area (Å²) in [6.07, 6.45) is 1.49. The molecule has 0 aromatic carbocycles. The number of halogens is 1. The number of rotatable bonds is 0. The first-order valence-electron chi connectivity index (χ1n) is 5.55. The zero-order valence-corrected chi connectivity index (χ0v) is 11.8. The number of carbonyl (C=O) groups excluding carboxylic acids is 1. The molecule has 1 aliphatic heterocycles. The molecular formula is C11H16BrN3O2. The average Bonchev–Trinajstić information content (AvgIpc) is 2.57. The summed E-state index contributed by atoms with van der Waals surface area (Å²) in [6, 6.07) is 0. The van der Waals surface area contributed by atoms with E-state index in [4.69, 9.17) is 4.74 Å². The largest absolute Gasteiger partial charge is 0.444 e. The van der Waals surface area contributed by atoms with E-state index < -0.39 is 5.60 Å². The molecule has 0 saturated carbocycles. The molecule has 0 unspecified atom stereocenters. The topological polar surface area (TPSA) is 47.4 Å². The maximum absolute atomic E-state index is 11.9. The maximum Gasteiger partial charge on any atom is 0.410 e. The van der Waals surface area contributed by atoms with Crippen LogP contribution in [0.2, 0.25) is 0 Å². The van der Waals surface area contributed by atoms with Crippen LogP contribution in [0.5, 0.6) is 0 Å². The Morgan fingerprint density at radius 2 is 2.18 bits per heavy atom. The Morgan fingerprint density at radius 3 is 2.82 bits per heavy atom. The Kier molecular flexibility index (Phi) is 3.16. The summed E-state index contributed by atoms with van der Waals surface area (Å²) < 4.78 is 8.19. The van der Waals surface area contributed by atoms with E-state index in [9.17, 15) is 4.79 Å². The molecule has 2 heterocycles. The molecule has 0 saturated heterocycles. The fraction of sp³-hybridized carbons (Fsp3) is 0.636. The van der Waals surface area contributed by atoms with Crippen molar-refractivity contribution in [2.45, 2.75) is 39.5 Å². The first-order valence-corrected chi connectivity index (χ1v) is 6.34. The van der Waals surface area contributed by atoms with Crippen LogP contribution in [-0.4, -0.2) is 32.9 Å². The monoisotopic (exact) mass is 301 g/mol. The van der Waals surface area contributed by atoms with Gasteiger partial charge in [0.2, 0.25) is 0 Å². The van der Waals surface area contributed by atoms with E-state index in [0.717, 1.165) is 10.2 Å². The van der Waals surface area contributed by atoms with Gasteiger partial charge in [0.05, 0.1) is 29.5 Å². The maximum atomic E-state index is 11.9. The highest BCUT2D eigenvalue weighted by Gasteiger charge is 2.27. The molecule has 0 spiro atoms. The quantitative estimate of drug-likeness (QED) is 0.739. The van der Waals surface area contributed by atoms with Crippen molar-refractivity contribution < 1.29 is 9.53 Å². The molecule has 0 aliphatic carbocycles. The van der Waals surface area contributed by atoms with Crippen molar-refractivity contribution in [1.82, 2.24) is 14.7 Å². The second kappa shape index (κ2) is 4.33. The first kappa shape index (κ1) is 12.4. The van der Waals surface area contributed by atoms with E-state index in [2.05, 4.69) is 21.0 Å². The van der Waals surface area contributed by atoms with Crippen LogP contribution in [0.15, 0.2) is 10.7 Å². The van der Waals surface area contributed by atoms with Crippen molar-refractivity contribution in [3.8, 4) is 0 Å². The normalized spacial score (nSPS) is 15.6. The highest BCUT2D eigenvalue weighted by atomic mass is 79.9. The summed E-state index contributed by atoms with van der Waals surface area (Å²) in [4.78, 5) is 13.6. The lowest BCUT2D eigenvalue weighted by Gasteiger charge is -2.30. The number of fused-ring (bicyclic) bond motifs is 1. The van der Waals surface area contributed by atoms with Crippen molar-refractivity contribution in [1.29, 1.82) is 0 Å². The van der Waals surface area contributed by atoms with Crippen molar-refractivity contribution in [3.63, 3.8) is 0 Å². The number of hydrogen-bond acceptors (Lipinski definition) is 3. The van der Waals surface area contributed by atoms with E-state index in [0.29, 0.717) is 19.6 Å². The van der Waals surface area contributed by atoms with Gasteiger partial charge < -0.3 is 9.64 Å². The smallest absolute Gasteiger partial charge is 0.410 e. The SMILES string of the molecule is CC(C)(C)OC(=O)N1CCn2ncc(Br)c2C1. The van der Waals surface area contributed by atoms with Crippen LogP contribution >= 0.6 is 15.9 Å². The zero-order valence-electron chi connectivity index (χ0n) is 10.2. The van der Waals surface area contributed by atoms with Gasteiger partial charge in [-0.3, -0.25) is 4.68 Å². The van der Waals surface area contributed by atoms with Gasteiger partial charge in [0.15, 0.2) is 0 Å². The molecule has 1 amide bonds. The Morgan fingerprint density at radius 1 is 1.47 bits per heavy atom. The van der Waals surface area contributed by atoms with Crippen molar-refractivity contribution >= 4 is 22.0 Å². The lowest BCUT2D eigenvalue weighted by Crippen LogP contribution is -2.41. The van der Waals surface area contributed by atoms with Gasteiger partial charge in [0, 0.05) is 6.54 Å². The zero-order chi connectivity index (χ0) is 12.6. The lowest BCUT2D eigenvalue weighted by molar-refractivity contribution is 0.0194. The Hall–Kier alpha value is -1.04. The van der Waals surface area contributed by atoms with Crippen LogP contribution in [0.25, 0.3) is 0 Å². The molecule has 94 valence electrons. The number of hydrogen-bond donors (Lipinski definition) is 0. The lowest BCUT2D eigenvalue weighted by atomic mass is 10.2. The van der Waals surface area contributed by atoms with E-state index >= 15 is 0 Å². The number of carbonyl (C=O) groups is 1. The molecule has 1 aromatic heterocycles. The van der Waals surface area contributed by atoms with Gasteiger partial charge in [-0.2, -0.15) is 5.10 Å². The number of ether oxygens (including phenoxy) is 1. The molecule has 0 bridgehead atoms. The fourth-order valence-corrected chi connectivity index (χ4v) is 2.12. The third-order valence-electron chi connectivity index (χ3n) is 2.47. The molecule has 17 heavy (non-hydrogen) atoms. The Labute approximate surface area is 109 Å². The molecule has 0 atom stereocenters. The second-order valence-electron chi connectivity index (χ2n) is 5.06. The molecule has 0 radical (unpaired) electrons. The van der Waals surface area contributed by atoms with E-state index in [-0.39, 0.29) is 6.09 Å². The molecule has 1 aromatic rings. The van der Waals surface area contributed by atoms with Gasteiger partial charge in [-0.25, -0.2) is 4.79 Å². The summed E-state index contributed by atoms with van der Waals surface area (Å²) in [5, 5.41) is 4.22. The molecule has 5 nitrogen and oxygen atoms in total. The van der Waals surface area contributed by atoms with Crippen molar-refractivity contribution in [3.05, 3.63) is 16.4 Å². The van der Waals surface area contributed by atoms with E-state index in [1.165, 1.54) is 0 Å². The van der Waals surface area contributed by atoms with Crippen molar-refractivity contribution in [2.75, 3.05) is 6.54 Å². The van der Waals surface area contributed by atoms with Gasteiger partial charge in [-0.15, -0.1) is 0 Å². The van der Waals surface area contributed by atoms with E-state index in [1.54, 1.807) is 11.1 Å². The van der Waals surface area contributed by atoms with Crippen molar-refractivity contribution in [2.24, 2.45) is 0 Å². The van der Waals surface area contributed by atoms with Gasteiger partial charge in [0.25, 0.3) is 0 Å². The second-order valence-corrected chi connectivity index (χ2v) is 5.92. The summed E-state index contributed by atoms with van der Waals surface area (Å²) in [6.45, 7) is 7.49. The van der Waals surface area contributed by atoms with Crippen LogP contribution in [0.3, 0.4) is 0 Å². The summed E-state index contributed by atoms with van der Waals surface area (Å²) in [7, 11) is 0. The molecule has 0 N–H and O–H groups in total. The molecule has 0 fully saturated rings. The van der Waals surface area contributed by atoms with Crippen LogP contribution in [0, 0.1) is 0 Å². The van der Waals surface area contributed by atoms with Crippen LogP contribution in [0.4, 0.5) is 4.79 Å². The average molecular weight is 302 g/mol. The first-order chi connectivity index (χ1) is 7.87. The fourth-order valence-electron chi connectivity index (χ4n) is 1.70. The molecule has 1 aliphatic rings. The number of nitrogens with zero attached hydrogens (tertiary/aromatic N) is 3.